The third-order valence-corrected chi connectivity index (χ3v) is 3.00. The molecule has 0 aromatic rings. The highest BCUT2D eigenvalue weighted by atomic mass is 32.1. The van der Waals surface area contributed by atoms with Crippen LogP contribution in [0.1, 0.15) is 13.3 Å². The maximum atomic E-state index is 12.0. The smallest absolute Gasteiger partial charge is 0.328 e. The Hall–Kier alpha value is -1.24. The number of rotatable bonds is 4. The summed E-state index contributed by atoms with van der Waals surface area (Å²) in [6.45, 7) is 1.83. The molecule has 1 aliphatic heterocycles. The number of ether oxygens (including phenoxy) is 1. The summed E-state index contributed by atoms with van der Waals surface area (Å²) < 4.78 is 4.59. The molecule has 0 aromatic carbocycles. The molecule has 0 aromatic heterocycles. The topological polar surface area (TPSA) is 75.7 Å². The van der Waals surface area contributed by atoms with Gasteiger partial charge in [0.25, 0.3) is 0 Å². The molecule has 2 amide bonds. The number of nitrogens with zero attached hydrogens (tertiary/aromatic N) is 1. The fourth-order valence-corrected chi connectivity index (χ4v) is 1.91. The van der Waals surface area contributed by atoms with Gasteiger partial charge in [0.15, 0.2) is 0 Å². The highest BCUT2D eigenvalue weighted by Crippen LogP contribution is 2.19. The molecule has 1 fully saturated rings. The molecule has 0 saturated carbocycles. The quantitative estimate of drug-likeness (QED) is 0.512. The molecule has 1 saturated heterocycles. The molecule has 1 N–H and O–H groups in total. The number of thiol groups is 1. The van der Waals surface area contributed by atoms with E-state index >= 15 is 0 Å². The fraction of sp³-hybridized carbons (Fsp3) is 0.700. The van der Waals surface area contributed by atoms with Gasteiger partial charge in [-0.3, -0.25) is 9.59 Å². The van der Waals surface area contributed by atoms with Gasteiger partial charge in [0.2, 0.25) is 11.8 Å². The van der Waals surface area contributed by atoms with E-state index in [1.165, 1.54) is 18.9 Å². The standard InChI is InChI=1S/C10H16N2O4S/c1-6(13)11-7(5-17)9(14)12-4-3-8(12)10(15)16-2/h7-8,17H,3-5H2,1-2H3,(H,11,13)/t7-,8-/m0/s1. The first-order chi connectivity index (χ1) is 8.01. The molecule has 0 bridgehead atoms. The van der Waals surface area contributed by atoms with Crippen molar-refractivity contribution in [3.63, 3.8) is 0 Å². The normalized spacial score (nSPS) is 20.2. The SMILES string of the molecule is COC(=O)[C@@H]1CCN1C(=O)[C@H](CS)NC(C)=O. The first-order valence-electron chi connectivity index (χ1n) is 5.27. The molecule has 1 aliphatic rings. The summed E-state index contributed by atoms with van der Waals surface area (Å²) in [5, 5.41) is 2.50. The number of hydrogen-bond acceptors (Lipinski definition) is 5. The monoisotopic (exact) mass is 260 g/mol. The zero-order valence-corrected chi connectivity index (χ0v) is 10.7. The fourth-order valence-electron chi connectivity index (χ4n) is 1.66. The Balaban J connectivity index is 2.62. The molecule has 6 nitrogen and oxygen atoms in total. The highest BCUT2D eigenvalue weighted by Gasteiger charge is 2.40. The van der Waals surface area contributed by atoms with E-state index in [4.69, 9.17) is 0 Å². The van der Waals surface area contributed by atoms with E-state index in [2.05, 4.69) is 22.7 Å². The second kappa shape index (κ2) is 5.90. The minimum Gasteiger partial charge on any atom is -0.467 e. The van der Waals surface area contributed by atoms with Crippen LogP contribution in [0.2, 0.25) is 0 Å². The number of amides is 2. The Morgan fingerprint density at radius 1 is 1.53 bits per heavy atom. The highest BCUT2D eigenvalue weighted by molar-refractivity contribution is 7.80. The van der Waals surface area contributed by atoms with Crippen molar-refractivity contribution < 1.29 is 19.1 Å². The number of likely N-dealkylation sites (tertiary alicyclic amines) is 1. The van der Waals surface area contributed by atoms with Crippen LogP contribution in [0.3, 0.4) is 0 Å². The molecule has 96 valence electrons. The lowest BCUT2D eigenvalue weighted by Crippen LogP contribution is -2.61. The first-order valence-corrected chi connectivity index (χ1v) is 5.90. The van der Waals surface area contributed by atoms with Crippen molar-refractivity contribution in [1.29, 1.82) is 0 Å². The predicted molar refractivity (Wildman–Crippen MR) is 63.6 cm³/mol. The van der Waals surface area contributed by atoms with Crippen molar-refractivity contribution >= 4 is 30.4 Å². The molecule has 1 heterocycles. The first kappa shape index (κ1) is 13.8. The van der Waals surface area contributed by atoms with E-state index in [1.54, 1.807) is 0 Å². The van der Waals surface area contributed by atoms with E-state index in [0.29, 0.717) is 13.0 Å². The Morgan fingerprint density at radius 3 is 2.53 bits per heavy atom. The number of esters is 1. The Morgan fingerprint density at radius 2 is 2.18 bits per heavy atom. The van der Waals surface area contributed by atoms with Crippen LogP contribution in [0, 0.1) is 0 Å². The average Bonchev–Trinajstić information content (AvgIpc) is 2.23. The van der Waals surface area contributed by atoms with Crippen molar-refractivity contribution in [1.82, 2.24) is 10.2 Å². The lowest BCUT2D eigenvalue weighted by atomic mass is 10.0. The second-order valence-electron chi connectivity index (χ2n) is 3.79. The van der Waals surface area contributed by atoms with Crippen molar-refractivity contribution in [2.75, 3.05) is 19.4 Å². The van der Waals surface area contributed by atoms with Crippen LogP contribution in [-0.4, -0.2) is 54.2 Å². The molecule has 0 radical (unpaired) electrons. The third kappa shape index (κ3) is 3.12. The van der Waals surface area contributed by atoms with Crippen molar-refractivity contribution in [2.45, 2.75) is 25.4 Å². The van der Waals surface area contributed by atoms with Crippen molar-refractivity contribution in [3.05, 3.63) is 0 Å². The Kier molecular flexibility index (Phi) is 4.80. The summed E-state index contributed by atoms with van der Waals surface area (Å²) in [7, 11) is 1.28. The van der Waals surface area contributed by atoms with Crippen LogP contribution in [0.15, 0.2) is 0 Å². The van der Waals surface area contributed by atoms with Gasteiger partial charge in [0.1, 0.15) is 12.1 Å². The maximum absolute atomic E-state index is 12.0. The van der Waals surface area contributed by atoms with Gasteiger partial charge >= 0.3 is 5.97 Å². The van der Waals surface area contributed by atoms with Gasteiger partial charge in [0.05, 0.1) is 7.11 Å². The van der Waals surface area contributed by atoms with Crippen LogP contribution in [0.5, 0.6) is 0 Å². The largest absolute Gasteiger partial charge is 0.467 e. The summed E-state index contributed by atoms with van der Waals surface area (Å²) in [6, 6.07) is -1.22. The van der Waals surface area contributed by atoms with Crippen LogP contribution in [0.25, 0.3) is 0 Å². The van der Waals surface area contributed by atoms with Crippen LogP contribution < -0.4 is 5.32 Å². The van der Waals surface area contributed by atoms with Gasteiger partial charge in [-0.1, -0.05) is 0 Å². The van der Waals surface area contributed by atoms with E-state index in [-0.39, 0.29) is 17.6 Å². The Labute approximate surface area is 105 Å². The summed E-state index contributed by atoms with van der Waals surface area (Å²) in [5.41, 5.74) is 0. The van der Waals surface area contributed by atoms with Crippen molar-refractivity contribution in [3.8, 4) is 0 Å². The number of hydrogen-bond donors (Lipinski definition) is 2. The van der Waals surface area contributed by atoms with Gasteiger partial charge in [0, 0.05) is 19.2 Å². The van der Waals surface area contributed by atoms with Crippen LogP contribution >= 0.6 is 12.6 Å². The number of carbonyl (C=O) groups excluding carboxylic acids is 3. The Bertz CT molecular complexity index is 334. The summed E-state index contributed by atoms with van der Waals surface area (Å²) in [4.78, 5) is 35.6. The number of methoxy groups -OCH3 is 1. The number of nitrogens with one attached hydrogen (secondary N) is 1. The second-order valence-corrected chi connectivity index (χ2v) is 4.16. The van der Waals surface area contributed by atoms with Crippen LogP contribution in [-0.2, 0) is 19.1 Å². The zero-order valence-electron chi connectivity index (χ0n) is 9.80. The summed E-state index contributed by atoms with van der Waals surface area (Å²) in [6.07, 6.45) is 0.595. The third-order valence-electron chi connectivity index (χ3n) is 2.63. The molecule has 7 heteroatoms. The van der Waals surface area contributed by atoms with Gasteiger partial charge in [-0.15, -0.1) is 0 Å². The maximum Gasteiger partial charge on any atom is 0.328 e. The molecule has 1 rings (SSSR count). The van der Waals surface area contributed by atoms with Crippen molar-refractivity contribution in [2.24, 2.45) is 0 Å². The molecule has 0 unspecified atom stereocenters. The molecule has 2 atom stereocenters. The lowest BCUT2D eigenvalue weighted by Gasteiger charge is -2.40. The van der Waals surface area contributed by atoms with Gasteiger partial charge in [-0.2, -0.15) is 12.6 Å². The van der Waals surface area contributed by atoms with E-state index in [1.807, 2.05) is 0 Å². The van der Waals surface area contributed by atoms with E-state index < -0.39 is 18.1 Å². The van der Waals surface area contributed by atoms with Gasteiger partial charge < -0.3 is 15.0 Å². The lowest BCUT2D eigenvalue weighted by molar-refractivity contribution is -0.160. The van der Waals surface area contributed by atoms with E-state index in [0.717, 1.165) is 0 Å². The minimum atomic E-state index is -0.691. The van der Waals surface area contributed by atoms with Crippen LogP contribution in [0.4, 0.5) is 0 Å². The zero-order chi connectivity index (χ0) is 13.0. The van der Waals surface area contributed by atoms with E-state index in [9.17, 15) is 14.4 Å². The summed E-state index contributed by atoms with van der Waals surface area (Å²) in [5.74, 6) is -0.822. The molecular weight excluding hydrogens is 244 g/mol. The van der Waals surface area contributed by atoms with Gasteiger partial charge in [-0.05, 0) is 6.42 Å². The molecule has 17 heavy (non-hydrogen) atoms. The van der Waals surface area contributed by atoms with Gasteiger partial charge in [-0.25, -0.2) is 4.79 Å². The summed E-state index contributed by atoms with van der Waals surface area (Å²) >= 11 is 4.01. The molecule has 0 aliphatic carbocycles. The average molecular weight is 260 g/mol. The predicted octanol–water partition coefficient (Wildman–Crippen LogP) is -0.805. The molecule has 0 spiro atoms. The number of carbonyl (C=O) groups is 3. The minimum absolute atomic E-state index is 0.197. The molecular formula is C10H16N2O4S.